The van der Waals surface area contributed by atoms with E-state index in [9.17, 15) is 9.59 Å². The molecule has 0 N–H and O–H groups in total. The Hall–Kier alpha value is -1.20. The van der Waals surface area contributed by atoms with Crippen LogP contribution in [0.3, 0.4) is 0 Å². The van der Waals surface area contributed by atoms with E-state index in [-0.39, 0.29) is 21.7 Å². The van der Waals surface area contributed by atoms with Crippen LogP contribution < -0.4 is 0 Å². The predicted octanol–water partition coefficient (Wildman–Crippen LogP) is 1.01. The molecule has 1 aliphatic heterocycles. The zero-order chi connectivity index (χ0) is 10.5. The molecule has 0 fully saturated rings. The smallest absolute Gasteiger partial charge is 0.275 e. The summed E-state index contributed by atoms with van der Waals surface area (Å²) in [5.41, 5.74) is -0.0983. The molecular formula is C7H3Cl2N3O2. The normalized spacial score (nSPS) is 14.9. The van der Waals surface area contributed by atoms with E-state index in [0.29, 0.717) is 0 Å². The van der Waals surface area contributed by atoms with Gasteiger partial charge in [0.2, 0.25) is 0 Å². The van der Waals surface area contributed by atoms with Crippen molar-refractivity contribution in [1.29, 1.82) is 0 Å². The highest BCUT2D eigenvalue weighted by molar-refractivity contribution is 6.40. The molecule has 0 unspecified atom stereocenters. The zero-order valence-electron chi connectivity index (χ0n) is 6.91. The number of carbonyl (C=O) groups is 2. The van der Waals surface area contributed by atoms with Gasteiger partial charge in [-0.2, -0.15) is 0 Å². The highest BCUT2D eigenvalue weighted by Gasteiger charge is 2.36. The molecule has 0 saturated carbocycles. The maximum absolute atomic E-state index is 11.4. The maximum Gasteiger partial charge on any atom is 0.281 e. The number of fused-ring (bicyclic) bond motifs is 1. The van der Waals surface area contributed by atoms with E-state index in [1.54, 1.807) is 0 Å². The van der Waals surface area contributed by atoms with Gasteiger partial charge in [-0.15, -0.1) is 0 Å². The molecule has 7 heteroatoms. The molecule has 1 aromatic rings. The first kappa shape index (κ1) is 9.36. The van der Waals surface area contributed by atoms with Gasteiger partial charge in [-0.3, -0.25) is 14.5 Å². The van der Waals surface area contributed by atoms with E-state index in [1.165, 1.54) is 7.05 Å². The van der Waals surface area contributed by atoms with Gasteiger partial charge in [-0.25, -0.2) is 9.97 Å². The first-order valence-corrected chi connectivity index (χ1v) is 4.33. The molecule has 0 aromatic carbocycles. The van der Waals surface area contributed by atoms with Crippen molar-refractivity contribution >= 4 is 35.0 Å². The number of imide groups is 1. The molecule has 1 aliphatic rings. The first-order valence-electron chi connectivity index (χ1n) is 3.58. The molecule has 72 valence electrons. The number of hydrogen-bond donors (Lipinski definition) is 0. The average molecular weight is 232 g/mol. The molecule has 14 heavy (non-hydrogen) atoms. The van der Waals surface area contributed by atoms with Gasteiger partial charge in [0, 0.05) is 7.05 Å². The third-order valence-electron chi connectivity index (χ3n) is 1.83. The van der Waals surface area contributed by atoms with Crippen LogP contribution in [-0.2, 0) is 0 Å². The Balaban J connectivity index is 2.71. The Labute approximate surface area is 88.6 Å². The van der Waals surface area contributed by atoms with Crippen LogP contribution in [0.25, 0.3) is 0 Å². The standard InChI is InChI=1S/C7H3Cl2N3O2/c1-12-6(13)2-3(7(12)14)11-5(9)4(8)10-2/h1H3. The highest BCUT2D eigenvalue weighted by Crippen LogP contribution is 2.24. The summed E-state index contributed by atoms with van der Waals surface area (Å²) in [5.74, 6) is -1.04. The van der Waals surface area contributed by atoms with E-state index in [1.807, 2.05) is 0 Å². The van der Waals surface area contributed by atoms with Gasteiger partial charge in [0.25, 0.3) is 11.8 Å². The third kappa shape index (κ3) is 1.09. The SMILES string of the molecule is CN1C(=O)c2nc(Cl)c(Cl)nc2C1=O. The molecular weight excluding hydrogens is 229 g/mol. The Morgan fingerprint density at radius 2 is 1.36 bits per heavy atom. The molecule has 0 radical (unpaired) electrons. The summed E-state index contributed by atoms with van der Waals surface area (Å²) in [7, 11) is 1.34. The van der Waals surface area contributed by atoms with Crippen LogP contribution in [0.2, 0.25) is 10.3 Å². The topological polar surface area (TPSA) is 63.2 Å². The number of nitrogens with zero attached hydrogens (tertiary/aromatic N) is 3. The molecule has 2 rings (SSSR count). The number of hydrogen-bond acceptors (Lipinski definition) is 4. The van der Waals surface area contributed by atoms with Crippen molar-refractivity contribution in [3.8, 4) is 0 Å². The van der Waals surface area contributed by atoms with Crippen molar-refractivity contribution in [3.05, 3.63) is 21.7 Å². The largest absolute Gasteiger partial charge is 0.281 e. The van der Waals surface area contributed by atoms with Crippen LogP contribution in [-0.4, -0.2) is 33.7 Å². The van der Waals surface area contributed by atoms with E-state index in [0.717, 1.165) is 4.90 Å². The number of carbonyl (C=O) groups excluding carboxylic acids is 2. The van der Waals surface area contributed by atoms with Crippen LogP contribution in [0.1, 0.15) is 21.0 Å². The average Bonchev–Trinajstić information content (AvgIpc) is 2.34. The van der Waals surface area contributed by atoms with Crippen molar-refractivity contribution < 1.29 is 9.59 Å². The van der Waals surface area contributed by atoms with Gasteiger partial charge < -0.3 is 0 Å². The minimum absolute atomic E-state index is 0.0492. The minimum Gasteiger partial charge on any atom is -0.275 e. The van der Waals surface area contributed by atoms with Crippen LogP contribution in [0.15, 0.2) is 0 Å². The van der Waals surface area contributed by atoms with Gasteiger partial charge in [-0.1, -0.05) is 23.2 Å². The lowest BCUT2D eigenvalue weighted by Gasteiger charge is -2.01. The third-order valence-corrected chi connectivity index (χ3v) is 2.45. The van der Waals surface area contributed by atoms with Crippen LogP contribution in [0.4, 0.5) is 0 Å². The van der Waals surface area contributed by atoms with E-state index in [2.05, 4.69) is 9.97 Å². The Kier molecular flexibility index (Phi) is 1.94. The highest BCUT2D eigenvalue weighted by atomic mass is 35.5. The Bertz CT molecular complexity index is 419. The maximum atomic E-state index is 11.4. The summed E-state index contributed by atoms with van der Waals surface area (Å²) < 4.78 is 0. The van der Waals surface area contributed by atoms with Crippen LogP contribution in [0, 0.1) is 0 Å². The summed E-state index contributed by atoms with van der Waals surface area (Å²) in [4.78, 5) is 31.0. The van der Waals surface area contributed by atoms with Crippen LogP contribution in [0.5, 0.6) is 0 Å². The fourth-order valence-electron chi connectivity index (χ4n) is 1.10. The monoisotopic (exact) mass is 231 g/mol. The summed E-state index contributed by atoms with van der Waals surface area (Å²) >= 11 is 11.1. The number of aromatic nitrogens is 2. The summed E-state index contributed by atoms with van der Waals surface area (Å²) in [6.07, 6.45) is 0. The lowest BCUT2D eigenvalue weighted by Crippen LogP contribution is -2.24. The van der Waals surface area contributed by atoms with Crippen molar-refractivity contribution in [2.24, 2.45) is 0 Å². The van der Waals surface area contributed by atoms with Crippen LogP contribution >= 0.6 is 23.2 Å². The molecule has 0 atom stereocenters. The molecule has 1 aromatic heterocycles. The number of rotatable bonds is 0. The predicted molar refractivity (Wildman–Crippen MR) is 48.5 cm³/mol. The van der Waals surface area contributed by atoms with E-state index < -0.39 is 11.8 Å². The molecule has 0 spiro atoms. The van der Waals surface area contributed by atoms with Crippen molar-refractivity contribution in [2.75, 3.05) is 7.05 Å². The second-order valence-electron chi connectivity index (χ2n) is 2.67. The van der Waals surface area contributed by atoms with Gasteiger partial charge in [0.05, 0.1) is 0 Å². The quantitative estimate of drug-likeness (QED) is 0.626. The fourth-order valence-corrected chi connectivity index (χ4v) is 1.36. The Morgan fingerprint density at radius 1 is 1.00 bits per heavy atom. The van der Waals surface area contributed by atoms with Crippen molar-refractivity contribution in [2.45, 2.75) is 0 Å². The molecule has 0 aliphatic carbocycles. The second kappa shape index (κ2) is 2.90. The van der Waals surface area contributed by atoms with E-state index in [4.69, 9.17) is 23.2 Å². The summed E-state index contributed by atoms with van der Waals surface area (Å²) in [5, 5.41) is -0.163. The Morgan fingerprint density at radius 3 is 1.71 bits per heavy atom. The van der Waals surface area contributed by atoms with Crippen molar-refractivity contribution in [1.82, 2.24) is 14.9 Å². The van der Waals surface area contributed by atoms with Crippen molar-refractivity contribution in [3.63, 3.8) is 0 Å². The minimum atomic E-state index is -0.518. The van der Waals surface area contributed by atoms with Gasteiger partial charge in [-0.05, 0) is 0 Å². The van der Waals surface area contributed by atoms with Gasteiger partial charge in [0.1, 0.15) is 0 Å². The molecule has 2 heterocycles. The number of amides is 2. The van der Waals surface area contributed by atoms with Gasteiger partial charge in [0.15, 0.2) is 21.7 Å². The zero-order valence-corrected chi connectivity index (χ0v) is 8.43. The lowest BCUT2D eigenvalue weighted by atomic mass is 10.3. The molecule has 0 bridgehead atoms. The molecule has 0 saturated heterocycles. The first-order chi connectivity index (χ1) is 6.52. The fraction of sp³-hybridized carbons (Fsp3) is 0.143. The van der Waals surface area contributed by atoms with Gasteiger partial charge >= 0.3 is 0 Å². The van der Waals surface area contributed by atoms with E-state index >= 15 is 0 Å². The molecule has 5 nitrogen and oxygen atoms in total. The summed E-state index contributed by atoms with van der Waals surface area (Å²) in [6, 6.07) is 0. The molecule has 2 amide bonds. The lowest BCUT2D eigenvalue weighted by molar-refractivity contribution is 0.0689. The number of halogens is 2. The second-order valence-corrected chi connectivity index (χ2v) is 3.39. The summed E-state index contributed by atoms with van der Waals surface area (Å²) in [6.45, 7) is 0.